The topological polar surface area (TPSA) is 237 Å². The highest BCUT2D eigenvalue weighted by molar-refractivity contribution is 7.47. The van der Waals surface area contributed by atoms with Gasteiger partial charge in [0.15, 0.2) is 12.2 Å². The van der Waals surface area contributed by atoms with E-state index in [1.54, 1.807) is 0 Å². The zero-order chi connectivity index (χ0) is 68.2. The first-order valence-electron chi connectivity index (χ1n) is 37.7. The van der Waals surface area contributed by atoms with Crippen LogP contribution in [0.4, 0.5) is 0 Å². The molecule has 19 heteroatoms. The van der Waals surface area contributed by atoms with Crippen molar-refractivity contribution in [2.45, 2.75) is 382 Å². The molecule has 0 aliphatic heterocycles. The molecular formula is C73H142O17P2. The highest BCUT2D eigenvalue weighted by Crippen LogP contribution is 2.45. The van der Waals surface area contributed by atoms with Crippen molar-refractivity contribution in [3.63, 3.8) is 0 Å². The van der Waals surface area contributed by atoms with Crippen LogP contribution < -0.4 is 0 Å². The molecule has 4 unspecified atom stereocenters. The van der Waals surface area contributed by atoms with Crippen LogP contribution in [0.3, 0.4) is 0 Å². The van der Waals surface area contributed by atoms with Crippen molar-refractivity contribution in [3.8, 4) is 0 Å². The van der Waals surface area contributed by atoms with Crippen molar-refractivity contribution >= 4 is 39.5 Å². The molecule has 0 spiro atoms. The van der Waals surface area contributed by atoms with Gasteiger partial charge in [-0.25, -0.2) is 9.13 Å². The molecule has 6 atom stereocenters. The zero-order valence-corrected chi connectivity index (χ0v) is 62.0. The van der Waals surface area contributed by atoms with E-state index in [1.807, 2.05) is 0 Å². The van der Waals surface area contributed by atoms with Gasteiger partial charge in [-0.15, -0.1) is 0 Å². The van der Waals surface area contributed by atoms with E-state index in [-0.39, 0.29) is 25.7 Å². The maximum Gasteiger partial charge on any atom is 0.472 e. The van der Waals surface area contributed by atoms with E-state index in [1.165, 1.54) is 154 Å². The van der Waals surface area contributed by atoms with E-state index in [4.69, 9.17) is 37.0 Å². The molecule has 0 fully saturated rings. The lowest BCUT2D eigenvalue weighted by molar-refractivity contribution is -0.161. The molecule has 0 amide bonds. The number of hydrogen-bond donors (Lipinski definition) is 3. The molecular weight excluding hydrogens is 1210 g/mol. The molecule has 0 aromatic heterocycles. The van der Waals surface area contributed by atoms with Gasteiger partial charge in [-0.05, 0) is 49.4 Å². The first kappa shape index (κ1) is 90.1. The Bertz CT molecular complexity index is 1820. The predicted octanol–water partition coefficient (Wildman–Crippen LogP) is 20.9. The van der Waals surface area contributed by atoms with Gasteiger partial charge < -0.3 is 33.8 Å². The average molecular weight is 1350 g/mol. The largest absolute Gasteiger partial charge is 0.472 e. The van der Waals surface area contributed by atoms with Crippen molar-refractivity contribution in [2.24, 2.45) is 23.7 Å². The Labute approximate surface area is 562 Å². The third-order valence-electron chi connectivity index (χ3n) is 17.2. The maximum absolute atomic E-state index is 13.0. The van der Waals surface area contributed by atoms with Gasteiger partial charge in [0.1, 0.15) is 19.3 Å². The van der Waals surface area contributed by atoms with Gasteiger partial charge in [0.25, 0.3) is 0 Å². The normalized spacial score (nSPS) is 14.5. The maximum atomic E-state index is 13.0. The number of unbranched alkanes of at least 4 members (excludes halogenated alkanes) is 35. The zero-order valence-electron chi connectivity index (χ0n) is 60.2. The molecule has 0 aliphatic carbocycles. The third kappa shape index (κ3) is 65.4. The van der Waals surface area contributed by atoms with Gasteiger partial charge in [-0.3, -0.25) is 37.3 Å². The van der Waals surface area contributed by atoms with Gasteiger partial charge in [-0.2, -0.15) is 0 Å². The minimum atomic E-state index is -4.95. The van der Waals surface area contributed by atoms with Gasteiger partial charge in [-0.1, -0.05) is 312 Å². The summed E-state index contributed by atoms with van der Waals surface area (Å²) >= 11 is 0. The third-order valence-corrected chi connectivity index (χ3v) is 19.1. The molecule has 0 bridgehead atoms. The van der Waals surface area contributed by atoms with Crippen LogP contribution in [-0.4, -0.2) is 96.7 Å². The quantitative estimate of drug-likeness (QED) is 0.0222. The minimum Gasteiger partial charge on any atom is -0.462 e. The highest BCUT2D eigenvalue weighted by atomic mass is 31.2. The van der Waals surface area contributed by atoms with E-state index in [0.717, 1.165) is 120 Å². The van der Waals surface area contributed by atoms with Gasteiger partial charge in [0, 0.05) is 25.7 Å². The number of phosphoric acid groups is 2. The monoisotopic (exact) mass is 1350 g/mol. The SMILES string of the molecule is CCC(C)CCCCCCCCC(=O)OC[C@H](COP(=O)(O)OCC(O)COP(=O)(O)OC[C@@H](COC(=O)CCCCCCCCCC(C)C)OC(=O)CCCCCCCCCCCCCCCCCCC(C)C)OC(=O)CCCCCCCCCCCCC(C)C. The summed E-state index contributed by atoms with van der Waals surface area (Å²) in [5, 5.41) is 10.6. The van der Waals surface area contributed by atoms with Gasteiger partial charge in [0.2, 0.25) is 0 Å². The number of carbonyl (C=O) groups excluding carboxylic acids is 4. The highest BCUT2D eigenvalue weighted by Gasteiger charge is 2.30. The first-order chi connectivity index (χ1) is 44.1. The van der Waals surface area contributed by atoms with Crippen LogP contribution in [0.1, 0.15) is 364 Å². The molecule has 0 aromatic rings. The fourth-order valence-electron chi connectivity index (χ4n) is 11.0. The lowest BCUT2D eigenvalue weighted by atomic mass is 10.00. The summed E-state index contributed by atoms with van der Waals surface area (Å²) in [6, 6.07) is 0. The summed E-state index contributed by atoms with van der Waals surface area (Å²) in [6.45, 7) is 14.1. The Hall–Kier alpha value is -1.94. The Morgan fingerprint density at radius 1 is 0.304 bits per heavy atom. The summed E-state index contributed by atoms with van der Waals surface area (Å²) in [7, 11) is -9.91. The van der Waals surface area contributed by atoms with Crippen LogP contribution >= 0.6 is 15.6 Å². The van der Waals surface area contributed by atoms with E-state index in [0.29, 0.717) is 31.6 Å². The van der Waals surface area contributed by atoms with Crippen molar-refractivity contribution in [2.75, 3.05) is 39.6 Å². The van der Waals surface area contributed by atoms with Crippen molar-refractivity contribution in [3.05, 3.63) is 0 Å². The molecule has 17 nitrogen and oxygen atoms in total. The van der Waals surface area contributed by atoms with Gasteiger partial charge >= 0.3 is 39.5 Å². The number of aliphatic hydroxyl groups excluding tert-OH is 1. The van der Waals surface area contributed by atoms with Crippen LogP contribution in [0.2, 0.25) is 0 Å². The first-order valence-corrected chi connectivity index (χ1v) is 40.7. The van der Waals surface area contributed by atoms with Crippen molar-refractivity contribution in [1.82, 2.24) is 0 Å². The van der Waals surface area contributed by atoms with Crippen LogP contribution in [0.25, 0.3) is 0 Å². The molecule has 0 saturated carbocycles. The van der Waals surface area contributed by atoms with Crippen LogP contribution in [0.15, 0.2) is 0 Å². The second-order valence-electron chi connectivity index (χ2n) is 28.0. The number of rotatable bonds is 70. The molecule has 3 N–H and O–H groups in total. The molecule has 0 aromatic carbocycles. The summed E-state index contributed by atoms with van der Waals surface area (Å²) in [4.78, 5) is 72.6. The molecule has 0 rings (SSSR count). The molecule has 0 aliphatic rings. The molecule has 0 radical (unpaired) electrons. The smallest absolute Gasteiger partial charge is 0.462 e. The summed E-state index contributed by atoms with van der Waals surface area (Å²) in [6.07, 6.45) is 46.0. The van der Waals surface area contributed by atoms with Crippen molar-refractivity contribution < 1.29 is 80.2 Å². The van der Waals surface area contributed by atoms with Crippen LogP contribution in [0.5, 0.6) is 0 Å². The number of phosphoric ester groups is 2. The lowest BCUT2D eigenvalue weighted by Crippen LogP contribution is -2.30. The minimum absolute atomic E-state index is 0.104. The van der Waals surface area contributed by atoms with E-state index in [9.17, 15) is 43.2 Å². The number of hydrogen-bond acceptors (Lipinski definition) is 15. The number of aliphatic hydroxyl groups is 1. The summed E-state index contributed by atoms with van der Waals surface area (Å²) in [5.41, 5.74) is 0. The fourth-order valence-corrected chi connectivity index (χ4v) is 12.6. The summed E-state index contributed by atoms with van der Waals surface area (Å²) < 4.78 is 68.4. The van der Waals surface area contributed by atoms with Gasteiger partial charge in [0.05, 0.1) is 26.4 Å². The second-order valence-corrected chi connectivity index (χ2v) is 30.9. The average Bonchev–Trinajstić information content (AvgIpc) is 2.01. The second kappa shape index (κ2) is 62.6. The number of carbonyl (C=O) groups is 4. The Morgan fingerprint density at radius 2 is 0.522 bits per heavy atom. The lowest BCUT2D eigenvalue weighted by Gasteiger charge is -2.21. The summed E-state index contributed by atoms with van der Waals surface area (Å²) in [5.74, 6) is 0.870. The Kier molecular flexibility index (Phi) is 61.3. The molecule has 0 heterocycles. The predicted molar refractivity (Wildman–Crippen MR) is 372 cm³/mol. The number of esters is 4. The fraction of sp³-hybridized carbons (Fsp3) is 0.945. The molecule has 0 saturated heterocycles. The Balaban J connectivity index is 5.21. The van der Waals surface area contributed by atoms with E-state index >= 15 is 0 Å². The van der Waals surface area contributed by atoms with Crippen LogP contribution in [0, 0.1) is 23.7 Å². The molecule has 546 valence electrons. The van der Waals surface area contributed by atoms with Crippen molar-refractivity contribution in [1.29, 1.82) is 0 Å². The van der Waals surface area contributed by atoms with Crippen LogP contribution in [-0.2, 0) is 65.4 Å². The Morgan fingerprint density at radius 3 is 0.772 bits per heavy atom. The van der Waals surface area contributed by atoms with E-state index in [2.05, 4.69) is 55.4 Å². The van der Waals surface area contributed by atoms with E-state index < -0.39 is 97.5 Å². The molecule has 92 heavy (non-hydrogen) atoms. The number of ether oxygens (including phenoxy) is 4. The standard InChI is InChI=1S/C73H142O17P2/c1-9-66(8)52-44-36-31-32-38-46-54-71(76)84-60-69(90-73(78)56-48-40-29-23-19-18-21-26-34-42-50-64(4)5)62-88-92(81,82)86-58-67(74)57-85-91(79,80)87-61-68(59-83-70(75)53-45-37-30-24-27-35-43-51-65(6)7)89-72(77)55-47-39-28-22-17-15-13-11-10-12-14-16-20-25-33-41-49-63(2)3/h63-69,74H,9-62H2,1-8H3,(H,79,80)(H,81,82)/t66?,67?,68-,69-/m1/s1.